The van der Waals surface area contributed by atoms with Crippen LogP contribution in [0.5, 0.6) is 0 Å². The van der Waals surface area contributed by atoms with E-state index in [-0.39, 0.29) is 18.0 Å². The number of ether oxygens (including phenoxy) is 1. The Balaban J connectivity index is 1.94. The molecule has 0 spiro atoms. The van der Waals surface area contributed by atoms with Crippen molar-refractivity contribution >= 4 is 23.4 Å². The molecule has 2 aliphatic rings. The van der Waals surface area contributed by atoms with Crippen molar-refractivity contribution in [3.05, 3.63) is 22.4 Å². The van der Waals surface area contributed by atoms with E-state index in [0.717, 1.165) is 11.3 Å². The summed E-state index contributed by atoms with van der Waals surface area (Å²) in [5, 5.41) is 17.5. The number of hydrogen-bond donors (Lipinski definition) is 0. The predicted octanol–water partition coefficient (Wildman–Crippen LogP) is 0.229. The first-order valence-corrected chi connectivity index (χ1v) is 5.76. The highest BCUT2D eigenvalue weighted by Crippen LogP contribution is 2.26. The fraction of sp³-hybridized carbons (Fsp3) is 0.400. The average molecular weight is 222 g/mol. The summed E-state index contributed by atoms with van der Waals surface area (Å²) in [6.07, 6.45) is 2.50. The van der Waals surface area contributed by atoms with Crippen molar-refractivity contribution in [3.8, 4) is 0 Å². The number of hydrazone groups is 1. The summed E-state index contributed by atoms with van der Waals surface area (Å²) in [7, 11) is 0. The van der Waals surface area contributed by atoms with Gasteiger partial charge in [-0.3, -0.25) is 0 Å². The highest BCUT2D eigenvalue weighted by Gasteiger charge is 2.43. The molecular weight excluding hydrogens is 212 g/mol. The molecule has 0 radical (unpaired) electrons. The molecule has 5 heteroatoms. The molecule has 2 aliphatic heterocycles. The van der Waals surface area contributed by atoms with Crippen LogP contribution in [0.4, 0.5) is 0 Å². The largest absolute Gasteiger partial charge is 0.857 e. The molecule has 1 aromatic heterocycles. The third-order valence-electron chi connectivity index (χ3n) is 2.66. The van der Waals surface area contributed by atoms with Crippen LogP contribution in [0.2, 0.25) is 0 Å². The van der Waals surface area contributed by atoms with Crippen LogP contribution < -0.4 is 5.11 Å². The molecule has 78 valence electrons. The lowest BCUT2D eigenvalue weighted by molar-refractivity contribution is -0.603. The fourth-order valence-corrected chi connectivity index (χ4v) is 2.56. The highest BCUT2D eigenvalue weighted by atomic mass is 32.1. The maximum absolute atomic E-state index is 11.5. The molecule has 1 aromatic rings. The minimum absolute atomic E-state index is 0.0506. The van der Waals surface area contributed by atoms with Gasteiger partial charge in [0.05, 0.1) is 17.4 Å². The molecule has 0 aromatic carbocycles. The Morgan fingerprint density at radius 1 is 1.67 bits per heavy atom. The van der Waals surface area contributed by atoms with Gasteiger partial charge in [-0.1, -0.05) is 10.8 Å². The Labute approximate surface area is 91.1 Å². The van der Waals surface area contributed by atoms with E-state index in [1.165, 1.54) is 0 Å². The quantitative estimate of drug-likeness (QED) is 0.639. The monoisotopic (exact) mass is 222 g/mol. The second-order valence-electron chi connectivity index (χ2n) is 3.62. The van der Waals surface area contributed by atoms with Gasteiger partial charge in [0.1, 0.15) is 0 Å². The zero-order valence-corrected chi connectivity index (χ0v) is 8.81. The van der Waals surface area contributed by atoms with Gasteiger partial charge in [-0.25, -0.2) is 0 Å². The van der Waals surface area contributed by atoms with Gasteiger partial charge in [0, 0.05) is 5.90 Å². The van der Waals surface area contributed by atoms with Crippen molar-refractivity contribution in [1.82, 2.24) is 0 Å². The first kappa shape index (κ1) is 9.06. The number of thiophene rings is 1. The first-order valence-electron chi connectivity index (χ1n) is 4.88. The van der Waals surface area contributed by atoms with Crippen LogP contribution in [0.25, 0.3) is 0 Å². The molecule has 0 aliphatic carbocycles. The zero-order valence-electron chi connectivity index (χ0n) is 8.00. The molecule has 0 unspecified atom stereocenters. The summed E-state index contributed by atoms with van der Waals surface area (Å²) >= 11 is 1.62. The number of fused-ring (bicyclic) bond motifs is 1. The molecule has 2 atom stereocenters. The van der Waals surface area contributed by atoms with Crippen LogP contribution in [-0.2, 0) is 4.74 Å². The lowest BCUT2D eigenvalue weighted by Crippen LogP contribution is -2.29. The topological polar surface area (TPSA) is 47.7 Å². The highest BCUT2D eigenvalue weighted by molar-refractivity contribution is 7.11. The Morgan fingerprint density at radius 3 is 3.40 bits per heavy atom. The summed E-state index contributed by atoms with van der Waals surface area (Å²) in [5.74, 6) is -0.105. The van der Waals surface area contributed by atoms with E-state index >= 15 is 0 Å². The van der Waals surface area contributed by atoms with E-state index in [9.17, 15) is 5.11 Å². The summed E-state index contributed by atoms with van der Waals surface area (Å²) in [6.45, 7) is 0.658. The van der Waals surface area contributed by atoms with Gasteiger partial charge in [0.15, 0.2) is 0 Å². The van der Waals surface area contributed by atoms with Gasteiger partial charge >= 0.3 is 0 Å². The van der Waals surface area contributed by atoms with Crippen LogP contribution in [0, 0.1) is 5.92 Å². The predicted molar refractivity (Wildman–Crippen MR) is 55.0 cm³/mol. The third kappa shape index (κ3) is 1.48. The minimum Gasteiger partial charge on any atom is -0.857 e. The van der Waals surface area contributed by atoms with Crippen LogP contribution in [0.15, 0.2) is 22.6 Å². The molecule has 0 bridgehead atoms. The fourth-order valence-electron chi connectivity index (χ4n) is 1.92. The van der Waals surface area contributed by atoms with E-state index in [2.05, 4.69) is 5.10 Å². The normalized spacial score (nSPS) is 32.0. The standard InChI is InChI=1S/C10H10N2O2S/c13-9-8-3-4-14-10(8)12(11-9)6-7-2-1-5-15-7/h1-2,5-6,8,10H,3-4H2/b12-6+/t8-,10-/m1/s1. The van der Waals surface area contributed by atoms with Gasteiger partial charge in [-0.15, -0.1) is 11.3 Å². The minimum atomic E-state index is -0.167. The Bertz CT molecular complexity index is 425. The van der Waals surface area contributed by atoms with Crippen molar-refractivity contribution in [3.63, 3.8) is 0 Å². The van der Waals surface area contributed by atoms with E-state index in [1.54, 1.807) is 16.0 Å². The van der Waals surface area contributed by atoms with Gasteiger partial charge in [-0.05, 0) is 23.0 Å². The molecule has 1 fully saturated rings. The van der Waals surface area contributed by atoms with Crippen molar-refractivity contribution in [2.45, 2.75) is 12.6 Å². The van der Waals surface area contributed by atoms with Gasteiger partial charge in [-0.2, -0.15) is 0 Å². The number of rotatable bonds is 1. The van der Waals surface area contributed by atoms with Crippen molar-refractivity contribution in [2.24, 2.45) is 11.0 Å². The molecule has 0 saturated carbocycles. The third-order valence-corrected chi connectivity index (χ3v) is 3.46. The maximum Gasteiger partial charge on any atom is 0.295 e. The molecule has 1 saturated heterocycles. The smallest absolute Gasteiger partial charge is 0.295 e. The van der Waals surface area contributed by atoms with Crippen LogP contribution in [0.3, 0.4) is 0 Å². The van der Waals surface area contributed by atoms with Crippen LogP contribution >= 0.6 is 11.3 Å². The molecule has 0 amide bonds. The van der Waals surface area contributed by atoms with Crippen molar-refractivity contribution in [1.29, 1.82) is 0 Å². The second kappa shape index (κ2) is 3.43. The van der Waals surface area contributed by atoms with Crippen LogP contribution in [-0.4, -0.2) is 29.6 Å². The molecular formula is C10H10N2O2S. The summed E-state index contributed by atoms with van der Waals surface area (Å²) in [5.41, 5.74) is 0. The molecule has 3 heterocycles. The molecule has 3 rings (SSSR count). The SMILES string of the molecule is [O-]C1=N/[N+](=C/c2cccs2)[C@@H]2OCC[C@H]12. The second-order valence-corrected chi connectivity index (χ2v) is 4.60. The van der Waals surface area contributed by atoms with E-state index in [0.29, 0.717) is 6.61 Å². The maximum atomic E-state index is 11.5. The first-order chi connectivity index (χ1) is 7.34. The van der Waals surface area contributed by atoms with E-state index in [1.807, 2.05) is 23.7 Å². The Kier molecular flexibility index (Phi) is 2.07. The summed E-state index contributed by atoms with van der Waals surface area (Å²) < 4.78 is 7.15. The van der Waals surface area contributed by atoms with E-state index < -0.39 is 0 Å². The number of nitrogens with zero attached hydrogens (tertiary/aromatic N) is 2. The van der Waals surface area contributed by atoms with Crippen molar-refractivity contribution in [2.75, 3.05) is 6.61 Å². The molecule has 4 nitrogen and oxygen atoms in total. The van der Waals surface area contributed by atoms with Crippen molar-refractivity contribution < 1.29 is 14.5 Å². The Morgan fingerprint density at radius 2 is 2.60 bits per heavy atom. The lowest BCUT2D eigenvalue weighted by atomic mass is 10.1. The number of hydrogen-bond acceptors (Lipinski definition) is 4. The average Bonchev–Trinajstić information content (AvgIpc) is 2.89. The summed E-state index contributed by atoms with van der Waals surface area (Å²) in [4.78, 5) is 1.09. The zero-order chi connectivity index (χ0) is 10.3. The van der Waals surface area contributed by atoms with Gasteiger partial charge in [0.2, 0.25) is 6.21 Å². The molecule has 15 heavy (non-hydrogen) atoms. The Hall–Kier alpha value is -1.20. The van der Waals surface area contributed by atoms with Gasteiger partial charge in [0.25, 0.3) is 6.23 Å². The lowest BCUT2D eigenvalue weighted by Gasteiger charge is -2.05. The van der Waals surface area contributed by atoms with E-state index in [4.69, 9.17) is 4.74 Å². The van der Waals surface area contributed by atoms with Crippen LogP contribution in [0.1, 0.15) is 11.3 Å². The molecule has 0 N–H and O–H groups in total. The summed E-state index contributed by atoms with van der Waals surface area (Å²) in [6, 6.07) is 3.97. The van der Waals surface area contributed by atoms with Gasteiger partial charge < -0.3 is 9.84 Å².